The molecular weight excluding hydrogens is 1060 g/mol. The topological polar surface area (TPSA) is 126 Å². The van der Waals surface area contributed by atoms with Crippen molar-refractivity contribution in [1.82, 2.24) is 29.3 Å². The molecule has 2 aliphatic rings. The quantitative estimate of drug-likeness (QED) is 0.112. The lowest BCUT2D eigenvalue weighted by Gasteiger charge is -2.18. The van der Waals surface area contributed by atoms with Crippen molar-refractivity contribution < 1.29 is 14.3 Å². The number of H-pyrrole nitrogens is 1. The van der Waals surface area contributed by atoms with Crippen LogP contribution in [-0.2, 0) is 61.1 Å². The number of anilines is 1. The minimum atomic E-state index is -0.0842. The smallest absolute Gasteiger partial charge is 0.262 e. The molecular formula is C71H89N7O3S2. The number of nitrogens with one attached hydrogen (secondary N) is 3. The zero-order valence-corrected chi connectivity index (χ0v) is 53.1. The van der Waals surface area contributed by atoms with E-state index in [1.807, 2.05) is 52.5 Å². The van der Waals surface area contributed by atoms with Gasteiger partial charge in [0.15, 0.2) is 12.3 Å². The van der Waals surface area contributed by atoms with Crippen molar-refractivity contribution in [3.63, 3.8) is 0 Å². The Balaban J connectivity index is 0.000000143. The van der Waals surface area contributed by atoms with Crippen molar-refractivity contribution in [3.05, 3.63) is 190 Å². The molecule has 3 N–H and O–H groups in total. The first-order valence-corrected chi connectivity index (χ1v) is 31.5. The van der Waals surface area contributed by atoms with E-state index in [0.717, 1.165) is 66.2 Å². The largest absolute Gasteiger partial charge is 0.482 e. The molecule has 12 rings (SSSR count). The maximum atomic E-state index is 11.2. The fourth-order valence-electron chi connectivity index (χ4n) is 10.2. The van der Waals surface area contributed by atoms with Crippen molar-refractivity contribution >= 4 is 77.1 Å². The third-order valence-corrected chi connectivity index (χ3v) is 15.6. The first-order valence-electron chi connectivity index (χ1n) is 29.8. The average molecular weight is 1150 g/mol. The molecule has 2 aliphatic heterocycles. The molecule has 83 heavy (non-hydrogen) atoms. The number of carbonyl (C=O) groups excluding carboxylic acids is 2. The molecule has 7 heterocycles. The van der Waals surface area contributed by atoms with Crippen molar-refractivity contribution in [3.8, 4) is 5.75 Å². The van der Waals surface area contributed by atoms with Crippen LogP contribution in [0.15, 0.2) is 139 Å². The maximum absolute atomic E-state index is 11.2. The summed E-state index contributed by atoms with van der Waals surface area (Å²) in [5, 5.41) is 15.9. The number of ether oxygens (including phenoxy) is 1. The van der Waals surface area contributed by atoms with E-state index in [-0.39, 0.29) is 18.4 Å². The molecule has 0 radical (unpaired) electrons. The highest BCUT2D eigenvalue weighted by Gasteiger charge is 2.17. The van der Waals surface area contributed by atoms with Crippen molar-refractivity contribution in [1.29, 1.82) is 0 Å². The summed E-state index contributed by atoms with van der Waals surface area (Å²) in [7, 11) is 0. The van der Waals surface area contributed by atoms with Crippen LogP contribution in [0, 0.1) is 42.4 Å². The Bertz CT molecular complexity index is 3460. The third kappa shape index (κ3) is 20.3. The first kappa shape index (κ1) is 63.4. The Morgan fingerprint density at radius 3 is 1.81 bits per heavy atom. The summed E-state index contributed by atoms with van der Waals surface area (Å²) in [5.74, 6) is 5.02. The van der Waals surface area contributed by atoms with Gasteiger partial charge in [-0.1, -0.05) is 138 Å². The summed E-state index contributed by atoms with van der Waals surface area (Å²) < 4.78 is 14.2. The summed E-state index contributed by atoms with van der Waals surface area (Å²) in [6.45, 7) is 29.6. The van der Waals surface area contributed by atoms with Crippen LogP contribution in [0.2, 0.25) is 0 Å². The fraction of sp³-hybridized carbons (Fsp3) is 0.394. The van der Waals surface area contributed by atoms with Gasteiger partial charge in [0.2, 0.25) is 5.91 Å². The van der Waals surface area contributed by atoms with Gasteiger partial charge in [-0.05, 0) is 214 Å². The summed E-state index contributed by atoms with van der Waals surface area (Å²) in [6.07, 6.45) is 12.9. The minimum absolute atomic E-state index is 0.0842. The molecule has 10 aromatic rings. The zero-order valence-electron chi connectivity index (χ0n) is 51.4. The lowest BCUT2D eigenvalue weighted by Crippen LogP contribution is -2.30. The number of carbonyl (C=O) groups is 2. The zero-order chi connectivity index (χ0) is 59.6. The van der Waals surface area contributed by atoms with Crippen molar-refractivity contribution in [2.45, 2.75) is 141 Å². The van der Waals surface area contributed by atoms with Crippen LogP contribution in [0.1, 0.15) is 133 Å². The molecule has 10 nitrogen and oxygen atoms in total. The van der Waals surface area contributed by atoms with Crippen LogP contribution in [0.4, 0.5) is 5.69 Å². The van der Waals surface area contributed by atoms with E-state index in [1.165, 1.54) is 88.4 Å². The van der Waals surface area contributed by atoms with E-state index in [4.69, 9.17) is 4.74 Å². The van der Waals surface area contributed by atoms with Gasteiger partial charge in [-0.3, -0.25) is 9.59 Å². The van der Waals surface area contributed by atoms with Gasteiger partial charge in [0.05, 0.1) is 22.5 Å². The van der Waals surface area contributed by atoms with Crippen molar-refractivity contribution in [2.75, 3.05) is 11.9 Å². The van der Waals surface area contributed by atoms with Crippen LogP contribution >= 0.6 is 22.9 Å². The fourth-order valence-corrected chi connectivity index (χ4v) is 11.8. The lowest BCUT2D eigenvalue weighted by atomic mass is 9.94. The number of aromatic nitrogens is 5. The van der Waals surface area contributed by atoms with E-state index in [0.29, 0.717) is 30.7 Å². The summed E-state index contributed by atoms with van der Waals surface area (Å²) in [6, 6.07) is 41.0. The minimum Gasteiger partial charge on any atom is -0.482 e. The number of benzene rings is 5. The standard InChI is InChI=1S/C13H17NO.C12H15NO2.C12H15NS.C12H15N.C12H14S.C10H13N3/c1-9(2)5-10-3-4-11-8-14-13(15)7-12(11)6-10;1-8(2)5-9-3-4-10-11(6-9)15-7-12(14)13-10;1-8(2)6-10-4-5-12-11(7-10)9(3)13-14-12;2*1-9(2)7-10-3-4-12-11(8-10)5-6-13-12;1-8(2)5-9-3-4-10-11-7-12-13(10)6-9/h3-4,6,9H,5,7-8H2,1-2H3,(H,14,15);3-4,6,8H,5,7H2,1-2H3,(H,13,14);4-5,7-8H,6H2,1-3H3;3-6,8-9,13H,7H2,1-2H3;3-6,8-9H,7H2,1-2H3;3-4,6-8H,5H2,1-2H3. The second-order valence-corrected chi connectivity index (χ2v) is 26.5. The van der Waals surface area contributed by atoms with Gasteiger partial charge in [0, 0.05) is 34.5 Å². The predicted molar refractivity (Wildman–Crippen MR) is 351 cm³/mol. The van der Waals surface area contributed by atoms with E-state index in [2.05, 4.69) is 216 Å². The average Bonchev–Trinajstić information content (AvgIpc) is 4.48. The van der Waals surface area contributed by atoms with Crippen LogP contribution in [0.5, 0.6) is 5.75 Å². The summed E-state index contributed by atoms with van der Waals surface area (Å²) in [5.41, 5.74) is 14.8. The number of hydrogen-bond donors (Lipinski definition) is 3. The SMILES string of the molecule is CC(C)Cc1ccc2[nH]ccc2c1.CC(C)Cc1ccc2c(c1)CC(=O)NC2.CC(C)Cc1ccc2c(c1)OCC(=O)N2.CC(C)Cc1ccc2ncnn2c1.CC(C)Cc1ccc2sccc2c1.Cc1nsc2ccc(CC(C)C)cc12. The van der Waals surface area contributed by atoms with Gasteiger partial charge in [-0.25, -0.2) is 9.50 Å². The van der Waals surface area contributed by atoms with Gasteiger partial charge in [-0.15, -0.1) is 11.3 Å². The molecule has 0 bridgehead atoms. The van der Waals surface area contributed by atoms with E-state index in [1.54, 1.807) is 17.9 Å². The third-order valence-electron chi connectivity index (χ3n) is 13.8. The van der Waals surface area contributed by atoms with Crippen LogP contribution in [-0.4, -0.2) is 42.4 Å². The lowest BCUT2D eigenvalue weighted by molar-refractivity contribution is -0.121. The van der Waals surface area contributed by atoms with E-state index in [9.17, 15) is 9.59 Å². The second-order valence-electron chi connectivity index (χ2n) is 24.7. The van der Waals surface area contributed by atoms with Crippen molar-refractivity contribution in [2.24, 2.45) is 35.5 Å². The molecule has 0 unspecified atom stereocenters. The number of aryl methyl sites for hydroxylation is 1. The second kappa shape index (κ2) is 30.9. The molecule has 0 fully saturated rings. The number of pyridine rings is 1. The predicted octanol–water partition coefficient (Wildman–Crippen LogP) is 17.5. The van der Waals surface area contributed by atoms with Crippen LogP contribution in [0.3, 0.4) is 0 Å². The number of rotatable bonds is 12. The first-order chi connectivity index (χ1) is 39.7. The molecule has 12 heteroatoms. The Labute approximate surface area is 502 Å². The van der Waals surface area contributed by atoms with Gasteiger partial charge >= 0.3 is 0 Å². The Morgan fingerprint density at radius 1 is 0.566 bits per heavy atom. The molecule has 0 saturated carbocycles. The van der Waals surface area contributed by atoms with E-state index >= 15 is 0 Å². The highest BCUT2D eigenvalue weighted by molar-refractivity contribution is 7.17. The Morgan fingerprint density at radius 2 is 1.13 bits per heavy atom. The normalized spacial score (nSPS) is 12.6. The molecule has 2 amide bonds. The molecule has 438 valence electrons. The van der Waals surface area contributed by atoms with Gasteiger partial charge in [0.1, 0.15) is 12.1 Å². The number of nitrogens with zero attached hydrogens (tertiary/aromatic N) is 4. The Hall–Kier alpha value is -7.15. The Kier molecular flexibility index (Phi) is 23.7. The van der Waals surface area contributed by atoms with E-state index < -0.39 is 0 Å². The summed E-state index contributed by atoms with van der Waals surface area (Å²) in [4.78, 5) is 29.6. The molecule has 5 aromatic heterocycles. The highest BCUT2D eigenvalue weighted by atomic mass is 32.1. The number of fused-ring (bicyclic) bond motifs is 6. The summed E-state index contributed by atoms with van der Waals surface area (Å²) >= 11 is 3.41. The highest BCUT2D eigenvalue weighted by Crippen LogP contribution is 2.30. The number of amides is 2. The molecule has 0 saturated heterocycles. The van der Waals surface area contributed by atoms with Crippen LogP contribution < -0.4 is 15.4 Å². The van der Waals surface area contributed by atoms with Gasteiger partial charge in [0.25, 0.3) is 5.91 Å². The molecule has 0 atom stereocenters. The molecule has 0 spiro atoms. The van der Waals surface area contributed by atoms with Gasteiger partial charge in [-0.2, -0.15) is 9.47 Å². The number of hydrogen-bond acceptors (Lipinski definition) is 8. The number of aromatic amines is 1. The molecule has 0 aliphatic carbocycles. The monoisotopic (exact) mass is 1150 g/mol. The van der Waals surface area contributed by atoms with Crippen LogP contribution in [0.25, 0.3) is 36.7 Å². The maximum Gasteiger partial charge on any atom is 0.262 e. The molecule has 5 aromatic carbocycles. The number of thiophene rings is 1. The van der Waals surface area contributed by atoms with Gasteiger partial charge < -0.3 is 20.4 Å².